The molecule has 4 N–H and O–H groups in total. The number of hydrogen-bond donors (Lipinski definition) is 4. The molecule has 0 bridgehead atoms. The van der Waals surface area contributed by atoms with Crippen LogP contribution in [0.2, 0.25) is 5.02 Å². The Bertz CT molecular complexity index is 407. The monoisotopic (exact) mass is 260 g/mol. The van der Waals surface area contributed by atoms with Crippen LogP contribution in [0.15, 0.2) is 18.2 Å². The molecule has 6 heteroatoms. The maximum Gasteiger partial charge on any atom is 0.306 e. The predicted molar refractivity (Wildman–Crippen MR) is 60.6 cm³/mol. The largest absolute Gasteiger partial charge is 0.481 e. The topological polar surface area (TPSA) is 98.0 Å². The van der Waals surface area contributed by atoms with Gasteiger partial charge in [0.2, 0.25) is 0 Å². The summed E-state index contributed by atoms with van der Waals surface area (Å²) in [5.74, 6) is -1.21. The first-order valence-electron chi connectivity index (χ1n) is 4.92. The van der Waals surface area contributed by atoms with Crippen molar-refractivity contribution in [2.24, 2.45) is 0 Å². The van der Waals surface area contributed by atoms with Gasteiger partial charge >= 0.3 is 5.97 Å². The zero-order valence-electron chi connectivity index (χ0n) is 8.88. The van der Waals surface area contributed by atoms with Crippen LogP contribution in [0.5, 0.6) is 0 Å². The molecule has 0 aromatic heterocycles. The minimum Gasteiger partial charge on any atom is -0.481 e. The highest BCUT2D eigenvalue weighted by Gasteiger charge is 2.23. The Morgan fingerprint density at radius 3 is 2.53 bits per heavy atom. The minimum atomic E-state index is -1.43. The summed E-state index contributed by atoms with van der Waals surface area (Å²) in [7, 11) is 0. The van der Waals surface area contributed by atoms with Gasteiger partial charge in [-0.15, -0.1) is 0 Å². The fourth-order valence-corrected chi connectivity index (χ4v) is 1.69. The van der Waals surface area contributed by atoms with E-state index in [0.717, 1.165) is 0 Å². The van der Waals surface area contributed by atoms with Gasteiger partial charge in [-0.2, -0.15) is 0 Å². The summed E-state index contributed by atoms with van der Waals surface area (Å²) < 4.78 is 0. The Hall–Kier alpha value is -1.14. The van der Waals surface area contributed by atoms with Crippen molar-refractivity contribution in [2.75, 3.05) is 0 Å². The van der Waals surface area contributed by atoms with E-state index in [-0.39, 0.29) is 12.2 Å². The molecular formula is C11H13ClO5. The Balaban J connectivity index is 2.94. The van der Waals surface area contributed by atoms with Crippen molar-refractivity contribution < 1.29 is 25.2 Å². The van der Waals surface area contributed by atoms with Crippen molar-refractivity contribution >= 4 is 17.6 Å². The average molecular weight is 261 g/mol. The number of carboxylic acid groups (broad SMARTS) is 1. The molecule has 0 aliphatic carbocycles. The number of halogens is 1. The number of carboxylic acids is 1. The van der Waals surface area contributed by atoms with Crippen molar-refractivity contribution in [1.82, 2.24) is 0 Å². The minimum absolute atomic E-state index is 0.269. The Labute approximate surface area is 103 Å². The maximum atomic E-state index is 10.4. The second-order valence-corrected chi connectivity index (χ2v) is 4.05. The molecule has 17 heavy (non-hydrogen) atoms. The predicted octanol–water partition coefficient (Wildman–Crippen LogP) is 0.701. The molecule has 94 valence electrons. The van der Waals surface area contributed by atoms with E-state index in [1.54, 1.807) is 0 Å². The van der Waals surface area contributed by atoms with E-state index in [9.17, 15) is 15.0 Å². The summed E-state index contributed by atoms with van der Waals surface area (Å²) in [6.07, 6.45) is -3.38. The summed E-state index contributed by atoms with van der Waals surface area (Å²) >= 11 is 5.71. The lowest BCUT2D eigenvalue weighted by atomic mass is 9.97. The SMILES string of the molecule is O=C(O)CC(O)C(O)c1ccc(Cl)cc1CO. The molecule has 0 radical (unpaired) electrons. The molecule has 5 nitrogen and oxygen atoms in total. The summed E-state index contributed by atoms with van der Waals surface area (Å²) in [6.45, 7) is -0.354. The summed E-state index contributed by atoms with van der Waals surface area (Å²) in [4.78, 5) is 10.4. The molecule has 0 aliphatic heterocycles. The first kappa shape index (κ1) is 13.9. The third-order valence-electron chi connectivity index (χ3n) is 2.34. The number of rotatable bonds is 5. The zero-order chi connectivity index (χ0) is 13.0. The van der Waals surface area contributed by atoms with E-state index in [2.05, 4.69) is 0 Å². The number of aliphatic hydroxyl groups is 3. The highest BCUT2D eigenvalue weighted by molar-refractivity contribution is 6.30. The Morgan fingerprint density at radius 1 is 1.35 bits per heavy atom. The normalized spacial score (nSPS) is 14.4. The molecule has 0 fully saturated rings. The number of aliphatic carboxylic acids is 1. The number of hydrogen-bond acceptors (Lipinski definition) is 4. The van der Waals surface area contributed by atoms with Crippen LogP contribution in [0.4, 0.5) is 0 Å². The van der Waals surface area contributed by atoms with Gasteiger partial charge in [-0.3, -0.25) is 4.79 Å². The lowest BCUT2D eigenvalue weighted by Gasteiger charge is -2.19. The van der Waals surface area contributed by atoms with E-state index in [4.69, 9.17) is 21.8 Å². The van der Waals surface area contributed by atoms with Gasteiger partial charge in [0.25, 0.3) is 0 Å². The maximum absolute atomic E-state index is 10.4. The van der Waals surface area contributed by atoms with Gasteiger partial charge in [-0.1, -0.05) is 17.7 Å². The second-order valence-electron chi connectivity index (χ2n) is 3.61. The highest BCUT2D eigenvalue weighted by atomic mass is 35.5. The number of carbonyl (C=O) groups is 1. The van der Waals surface area contributed by atoms with Crippen LogP contribution in [-0.2, 0) is 11.4 Å². The lowest BCUT2D eigenvalue weighted by Crippen LogP contribution is -2.22. The van der Waals surface area contributed by atoms with Crippen LogP contribution in [0.25, 0.3) is 0 Å². The van der Waals surface area contributed by atoms with Crippen LogP contribution in [0, 0.1) is 0 Å². The van der Waals surface area contributed by atoms with E-state index < -0.39 is 24.6 Å². The van der Waals surface area contributed by atoms with Gasteiger partial charge in [0.1, 0.15) is 6.10 Å². The molecule has 2 atom stereocenters. The molecule has 0 amide bonds. The van der Waals surface area contributed by atoms with Gasteiger partial charge in [0.15, 0.2) is 0 Å². The standard InChI is InChI=1S/C11H13ClO5/c12-7-1-2-8(6(3-7)5-13)11(17)9(14)4-10(15)16/h1-3,9,11,13-14,17H,4-5H2,(H,15,16). The molecule has 0 heterocycles. The molecule has 0 saturated heterocycles. The number of aliphatic hydroxyl groups excluding tert-OH is 3. The fraction of sp³-hybridized carbons (Fsp3) is 0.364. The fourth-order valence-electron chi connectivity index (χ4n) is 1.50. The van der Waals surface area contributed by atoms with Crippen LogP contribution in [-0.4, -0.2) is 32.5 Å². The van der Waals surface area contributed by atoms with E-state index in [0.29, 0.717) is 10.6 Å². The van der Waals surface area contributed by atoms with E-state index >= 15 is 0 Å². The molecule has 2 unspecified atom stereocenters. The van der Waals surface area contributed by atoms with Crippen LogP contribution < -0.4 is 0 Å². The van der Waals surface area contributed by atoms with Crippen molar-refractivity contribution in [3.63, 3.8) is 0 Å². The average Bonchev–Trinajstić information content (AvgIpc) is 2.27. The van der Waals surface area contributed by atoms with Crippen molar-refractivity contribution in [1.29, 1.82) is 0 Å². The van der Waals surface area contributed by atoms with Gasteiger partial charge in [-0.25, -0.2) is 0 Å². The van der Waals surface area contributed by atoms with Gasteiger partial charge < -0.3 is 20.4 Å². The first-order chi connectivity index (χ1) is 7.95. The summed E-state index contributed by atoms with van der Waals surface area (Å²) in [5.41, 5.74) is 0.625. The molecule has 0 saturated carbocycles. The zero-order valence-corrected chi connectivity index (χ0v) is 9.63. The third kappa shape index (κ3) is 3.67. The molecule has 0 spiro atoms. The van der Waals surface area contributed by atoms with Crippen LogP contribution >= 0.6 is 11.6 Å². The Kier molecular flexibility index (Phi) is 4.89. The molecule has 1 rings (SSSR count). The molecule has 1 aromatic carbocycles. The lowest BCUT2D eigenvalue weighted by molar-refractivity contribution is -0.141. The van der Waals surface area contributed by atoms with Crippen LogP contribution in [0.1, 0.15) is 23.7 Å². The molecule has 0 aliphatic rings. The van der Waals surface area contributed by atoms with E-state index in [1.165, 1.54) is 18.2 Å². The van der Waals surface area contributed by atoms with Gasteiger partial charge in [0, 0.05) is 5.02 Å². The van der Waals surface area contributed by atoms with E-state index in [1.807, 2.05) is 0 Å². The van der Waals surface area contributed by atoms with Crippen molar-refractivity contribution in [3.05, 3.63) is 34.3 Å². The van der Waals surface area contributed by atoms with Gasteiger partial charge in [-0.05, 0) is 23.3 Å². The first-order valence-corrected chi connectivity index (χ1v) is 5.30. The van der Waals surface area contributed by atoms with Crippen LogP contribution in [0.3, 0.4) is 0 Å². The molecular weight excluding hydrogens is 248 g/mol. The number of benzene rings is 1. The van der Waals surface area contributed by atoms with Crippen molar-refractivity contribution in [3.8, 4) is 0 Å². The van der Waals surface area contributed by atoms with Crippen molar-refractivity contribution in [2.45, 2.75) is 25.2 Å². The molecule has 1 aromatic rings. The van der Waals surface area contributed by atoms with Gasteiger partial charge in [0.05, 0.1) is 19.1 Å². The smallest absolute Gasteiger partial charge is 0.306 e. The third-order valence-corrected chi connectivity index (χ3v) is 2.58. The quantitative estimate of drug-likeness (QED) is 0.625. The summed E-state index contributed by atoms with van der Waals surface area (Å²) in [5, 5.41) is 37.2. The second kappa shape index (κ2) is 5.97. The highest BCUT2D eigenvalue weighted by Crippen LogP contribution is 2.25. The summed E-state index contributed by atoms with van der Waals surface area (Å²) in [6, 6.07) is 4.39. The Morgan fingerprint density at radius 2 is 2.00 bits per heavy atom.